The van der Waals surface area contributed by atoms with Gasteiger partial charge in [-0.2, -0.15) is 0 Å². The standard InChI is InChI=1S/C38H22O2/c1-2-11-25-23(9-1)10-7-16-26(25)36-27-12-3-5-14-29(27)37(30-15-6-4-13-28(30)36)32-18-8-17-31-33-22-34-24(19-20-39-34)21-35(33)40-38(31)32/h1-22H. The smallest absolute Gasteiger partial charge is 0.143 e. The molecule has 0 spiro atoms. The van der Waals surface area contributed by atoms with Crippen LogP contribution in [0, 0.1) is 0 Å². The summed E-state index contributed by atoms with van der Waals surface area (Å²) in [5.74, 6) is 0. The van der Waals surface area contributed by atoms with Crippen molar-refractivity contribution < 1.29 is 8.83 Å². The number of fused-ring (bicyclic) bond motifs is 7. The Hall–Kier alpha value is -5.34. The van der Waals surface area contributed by atoms with Crippen molar-refractivity contribution >= 4 is 65.2 Å². The average molecular weight is 511 g/mol. The molecule has 0 bridgehead atoms. The predicted octanol–water partition coefficient (Wildman–Crippen LogP) is 11.1. The third kappa shape index (κ3) is 2.93. The maximum atomic E-state index is 6.64. The molecular weight excluding hydrogens is 488 g/mol. The van der Waals surface area contributed by atoms with Gasteiger partial charge >= 0.3 is 0 Å². The summed E-state index contributed by atoms with van der Waals surface area (Å²) >= 11 is 0. The van der Waals surface area contributed by atoms with E-state index in [2.05, 4.69) is 121 Å². The van der Waals surface area contributed by atoms with Crippen molar-refractivity contribution in [2.75, 3.05) is 0 Å². The van der Waals surface area contributed by atoms with Crippen LogP contribution in [0.4, 0.5) is 0 Å². The molecule has 0 amide bonds. The molecule has 0 saturated heterocycles. The van der Waals surface area contributed by atoms with Crippen LogP contribution in [0.3, 0.4) is 0 Å². The van der Waals surface area contributed by atoms with Gasteiger partial charge in [0.15, 0.2) is 0 Å². The first-order valence-corrected chi connectivity index (χ1v) is 13.6. The third-order valence-electron chi connectivity index (χ3n) is 8.33. The predicted molar refractivity (Wildman–Crippen MR) is 167 cm³/mol. The van der Waals surface area contributed by atoms with Gasteiger partial charge in [0.1, 0.15) is 16.7 Å². The average Bonchev–Trinajstić information content (AvgIpc) is 3.62. The second-order valence-electron chi connectivity index (χ2n) is 10.5. The Labute approximate surface area is 229 Å². The molecule has 2 heterocycles. The number of furan rings is 2. The van der Waals surface area contributed by atoms with Gasteiger partial charge in [-0.3, -0.25) is 0 Å². The van der Waals surface area contributed by atoms with E-state index in [9.17, 15) is 0 Å². The Kier molecular flexibility index (Phi) is 4.36. The molecule has 0 aliphatic carbocycles. The Morgan fingerprint density at radius 1 is 0.375 bits per heavy atom. The van der Waals surface area contributed by atoms with Crippen molar-refractivity contribution in [2.24, 2.45) is 0 Å². The SMILES string of the molecule is c1ccc2c(-c3c4ccccc4c(-c4cccc5c4oc4cc6ccoc6cc45)c4ccccc34)cccc2c1. The molecule has 2 aromatic heterocycles. The number of rotatable bonds is 2. The van der Waals surface area contributed by atoms with E-state index in [1.54, 1.807) is 6.26 Å². The largest absolute Gasteiger partial charge is 0.464 e. The Morgan fingerprint density at radius 2 is 0.950 bits per heavy atom. The molecule has 40 heavy (non-hydrogen) atoms. The van der Waals surface area contributed by atoms with E-state index in [0.717, 1.165) is 38.5 Å². The summed E-state index contributed by atoms with van der Waals surface area (Å²) in [6.07, 6.45) is 1.73. The van der Waals surface area contributed by atoms with E-state index < -0.39 is 0 Å². The van der Waals surface area contributed by atoms with Gasteiger partial charge in [-0.15, -0.1) is 0 Å². The highest BCUT2D eigenvalue weighted by atomic mass is 16.3. The van der Waals surface area contributed by atoms with Crippen LogP contribution in [0.5, 0.6) is 0 Å². The first-order chi connectivity index (χ1) is 19.8. The topological polar surface area (TPSA) is 26.3 Å². The van der Waals surface area contributed by atoms with E-state index in [-0.39, 0.29) is 0 Å². The molecule has 0 N–H and O–H groups in total. The fraction of sp³-hybridized carbons (Fsp3) is 0. The van der Waals surface area contributed by atoms with E-state index >= 15 is 0 Å². The van der Waals surface area contributed by atoms with Crippen LogP contribution in [-0.2, 0) is 0 Å². The van der Waals surface area contributed by atoms with Crippen LogP contribution in [0.2, 0.25) is 0 Å². The second kappa shape index (κ2) is 8.08. The summed E-state index contributed by atoms with van der Waals surface area (Å²) in [4.78, 5) is 0. The summed E-state index contributed by atoms with van der Waals surface area (Å²) < 4.78 is 12.4. The normalized spacial score (nSPS) is 12.0. The molecule has 9 aromatic rings. The number of benzene rings is 7. The fourth-order valence-electron chi connectivity index (χ4n) is 6.60. The summed E-state index contributed by atoms with van der Waals surface area (Å²) in [6.45, 7) is 0. The van der Waals surface area contributed by atoms with Crippen molar-refractivity contribution in [1.82, 2.24) is 0 Å². The second-order valence-corrected chi connectivity index (χ2v) is 10.5. The molecule has 186 valence electrons. The quantitative estimate of drug-likeness (QED) is 0.216. The third-order valence-corrected chi connectivity index (χ3v) is 8.33. The van der Waals surface area contributed by atoms with E-state index in [1.807, 2.05) is 6.07 Å². The van der Waals surface area contributed by atoms with E-state index in [0.29, 0.717) is 0 Å². The molecule has 0 fully saturated rings. The molecule has 0 saturated carbocycles. The van der Waals surface area contributed by atoms with Gasteiger partial charge in [0, 0.05) is 27.3 Å². The maximum absolute atomic E-state index is 6.64. The van der Waals surface area contributed by atoms with Crippen LogP contribution in [0.25, 0.3) is 87.5 Å². The zero-order valence-electron chi connectivity index (χ0n) is 21.5. The first kappa shape index (κ1) is 21.6. The molecule has 0 atom stereocenters. The zero-order valence-corrected chi connectivity index (χ0v) is 21.5. The lowest BCUT2D eigenvalue weighted by atomic mass is 9.84. The van der Waals surface area contributed by atoms with Gasteiger partial charge < -0.3 is 8.83 Å². The first-order valence-electron chi connectivity index (χ1n) is 13.6. The Bertz CT molecular complexity index is 2370. The number of para-hydroxylation sites is 1. The van der Waals surface area contributed by atoms with Gasteiger partial charge in [0.25, 0.3) is 0 Å². The van der Waals surface area contributed by atoms with Gasteiger partial charge in [-0.1, -0.05) is 109 Å². The number of hydrogen-bond acceptors (Lipinski definition) is 2. The summed E-state index contributed by atoms with van der Waals surface area (Å²) in [5, 5.41) is 10.6. The summed E-state index contributed by atoms with van der Waals surface area (Å²) in [6, 6.07) is 45.5. The monoisotopic (exact) mass is 510 g/mol. The highest BCUT2D eigenvalue weighted by Gasteiger charge is 2.21. The molecule has 9 rings (SSSR count). The van der Waals surface area contributed by atoms with Crippen molar-refractivity contribution in [3.63, 3.8) is 0 Å². The molecule has 0 unspecified atom stereocenters. The summed E-state index contributed by atoms with van der Waals surface area (Å²) in [5.41, 5.74) is 7.46. The minimum Gasteiger partial charge on any atom is -0.464 e. The lowest BCUT2D eigenvalue weighted by Gasteiger charge is -2.18. The Morgan fingerprint density at radius 3 is 1.70 bits per heavy atom. The van der Waals surface area contributed by atoms with Gasteiger partial charge in [-0.05, 0) is 61.6 Å². The molecule has 7 aromatic carbocycles. The van der Waals surface area contributed by atoms with Gasteiger partial charge in [-0.25, -0.2) is 0 Å². The molecular formula is C38H22O2. The lowest BCUT2D eigenvalue weighted by molar-refractivity contribution is 0.616. The van der Waals surface area contributed by atoms with Gasteiger partial charge in [0.05, 0.1) is 6.26 Å². The highest BCUT2D eigenvalue weighted by molar-refractivity contribution is 6.26. The van der Waals surface area contributed by atoms with Gasteiger partial charge in [0.2, 0.25) is 0 Å². The van der Waals surface area contributed by atoms with Crippen LogP contribution >= 0.6 is 0 Å². The van der Waals surface area contributed by atoms with E-state index in [4.69, 9.17) is 8.83 Å². The molecule has 2 nitrogen and oxygen atoms in total. The van der Waals surface area contributed by atoms with Crippen molar-refractivity contribution in [2.45, 2.75) is 0 Å². The van der Waals surface area contributed by atoms with Crippen LogP contribution in [0.15, 0.2) is 142 Å². The van der Waals surface area contributed by atoms with Crippen molar-refractivity contribution in [3.05, 3.63) is 134 Å². The van der Waals surface area contributed by atoms with Crippen LogP contribution < -0.4 is 0 Å². The maximum Gasteiger partial charge on any atom is 0.143 e. The van der Waals surface area contributed by atoms with Crippen LogP contribution in [-0.4, -0.2) is 0 Å². The fourth-order valence-corrected chi connectivity index (χ4v) is 6.60. The Balaban J connectivity index is 1.44. The molecule has 0 aliphatic rings. The molecule has 2 heteroatoms. The zero-order chi connectivity index (χ0) is 26.2. The highest BCUT2D eigenvalue weighted by Crippen LogP contribution is 2.47. The minimum absolute atomic E-state index is 0.871. The number of hydrogen-bond donors (Lipinski definition) is 0. The van der Waals surface area contributed by atoms with E-state index in [1.165, 1.54) is 49.0 Å². The molecule has 0 radical (unpaired) electrons. The minimum atomic E-state index is 0.871. The lowest BCUT2D eigenvalue weighted by Crippen LogP contribution is -1.91. The summed E-state index contributed by atoms with van der Waals surface area (Å²) in [7, 11) is 0. The molecule has 0 aliphatic heterocycles. The van der Waals surface area contributed by atoms with Crippen molar-refractivity contribution in [3.8, 4) is 22.3 Å². The van der Waals surface area contributed by atoms with Crippen molar-refractivity contribution in [1.29, 1.82) is 0 Å². The van der Waals surface area contributed by atoms with Crippen LogP contribution in [0.1, 0.15) is 0 Å².